The SMILES string of the molecule is CC[C@H](C)[C@H](NC(=O)[C@H]1CCCCN1C)C(=O)N(C)[C@H](C[C@@H](OC(C)=O)c1nc(C(=O)N(C)[C@@H](Cc2ccc(OP=O)cc2)C(=O)N[C@@H](CCCNC(N)=O)C(=O)N[C@H](C(=O)N=C2CN(C(=O)CCCN3C(=O)C=CC3=O)C2)C(C)C)cs1)C(C)C. The van der Waals surface area contributed by atoms with Crippen molar-refractivity contribution in [2.45, 2.75) is 155 Å². The Morgan fingerprint density at radius 2 is 1.56 bits per heavy atom. The maximum Gasteiger partial charge on any atom is 0.395 e. The van der Waals surface area contributed by atoms with Crippen LogP contribution in [0, 0.1) is 17.8 Å². The maximum atomic E-state index is 14.8. The molecular weight excluding hydrogens is 1150 g/mol. The van der Waals surface area contributed by atoms with Gasteiger partial charge in [-0.25, -0.2) is 19.3 Å². The minimum atomic E-state index is -1.36. The van der Waals surface area contributed by atoms with Gasteiger partial charge in [-0.1, -0.05) is 66.5 Å². The summed E-state index contributed by atoms with van der Waals surface area (Å²) in [6, 6.07) is -0.257. The minimum Gasteiger partial charge on any atom is -0.455 e. The van der Waals surface area contributed by atoms with Crippen LogP contribution in [0.4, 0.5) is 4.79 Å². The second-order valence-corrected chi connectivity index (χ2v) is 24.0. The van der Waals surface area contributed by atoms with Crippen LogP contribution in [0.2, 0.25) is 0 Å². The molecule has 6 N–H and O–H groups in total. The summed E-state index contributed by atoms with van der Waals surface area (Å²) in [6.45, 7) is 13.3. The van der Waals surface area contributed by atoms with Gasteiger partial charge >= 0.3 is 20.7 Å². The zero-order valence-electron chi connectivity index (χ0n) is 50.7. The fourth-order valence-electron chi connectivity index (χ4n) is 10.3. The van der Waals surface area contributed by atoms with E-state index in [1.165, 1.54) is 48.5 Å². The summed E-state index contributed by atoms with van der Waals surface area (Å²) < 4.78 is 22.1. The van der Waals surface area contributed by atoms with E-state index in [0.717, 1.165) is 40.5 Å². The van der Waals surface area contributed by atoms with Gasteiger partial charge in [0.25, 0.3) is 23.6 Å². The number of piperidine rings is 1. The molecule has 0 aliphatic carbocycles. The molecule has 0 spiro atoms. The Kier molecular flexibility index (Phi) is 26.5. The number of benzene rings is 1. The number of amides is 11. The Labute approximate surface area is 507 Å². The van der Waals surface area contributed by atoms with E-state index in [-0.39, 0.29) is 117 Å². The Morgan fingerprint density at radius 3 is 2.15 bits per heavy atom. The van der Waals surface area contributed by atoms with Crippen molar-refractivity contribution in [3.05, 3.63) is 58.1 Å². The standard InChI is InChI=1S/C58H83N12O14PS/c1-11-35(6)50(65-52(76)42-17-12-13-26-66(42)8)57(80)67(9)43(33(2)3)29-45(83-36(7)71)55-63-41(32-86-55)56(79)68(10)44(28-37-19-21-39(22-20-37)84-85-82)53(77)62-40(16-14-25-60-58(59)81)51(75)64-49(34(4)5)54(78)61-38-30-69(31-38)46(72)18-15-27-70-47(73)23-24-48(70)74/h19-24,32-35,40,42-45,49-50H,11-18,25-31H2,1-10H3,(H,62,77)(H,64,75)(H,65,76)(H3,59,60,81)/t35-,40-,42+,43+,44-,45+,49-,50-/m0/s1. The van der Waals surface area contributed by atoms with Crippen molar-refractivity contribution in [2.75, 3.05) is 53.9 Å². The van der Waals surface area contributed by atoms with Crippen molar-refractivity contribution in [1.82, 2.24) is 50.8 Å². The zero-order chi connectivity index (χ0) is 63.5. The van der Waals surface area contributed by atoms with Gasteiger partial charge in [-0.3, -0.25) is 57.7 Å². The molecule has 0 bridgehead atoms. The molecule has 0 saturated carbocycles. The van der Waals surface area contributed by atoms with E-state index in [4.69, 9.17) is 15.0 Å². The van der Waals surface area contributed by atoms with Gasteiger partial charge in [-0.05, 0) is 81.1 Å². The third-order valence-electron chi connectivity index (χ3n) is 15.7. The molecule has 8 atom stereocenters. The molecule has 470 valence electrons. The molecule has 2 aromatic rings. The molecule has 0 unspecified atom stereocenters. The third-order valence-corrected chi connectivity index (χ3v) is 16.9. The topological polar surface area (TPSA) is 339 Å². The monoisotopic (exact) mass is 1230 g/mol. The van der Waals surface area contributed by atoms with Crippen LogP contribution in [0.15, 0.2) is 46.8 Å². The lowest BCUT2D eigenvalue weighted by Gasteiger charge is -2.38. The highest BCUT2D eigenvalue weighted by Gasteiger charge is 2.39. The summed E-state index contributed by atoms with van der Waals surface area (Å²) in [4.78, 5) is 163. The smallest absolute Gasteiger partial charge is 0.395 e. The molecule has 1 aromatic heterocycles. The van der Waals surface area contributed by atoms with Crippen LogP contribution in [0.5, 0.6) is 5.75 Å². The fraction of sp³-hybridized carbons (Fsp3) is 0.603. The lowest BCUT2D eigenvalue weighted by molar-refractivity contribution is -0.149. The molecule has 0 radical (unpaired) electrons. The summed E-state index contributed by atoms with van der Waals surface area (Å²) in [5.74, 6) is -6.02. The molecule has 28 heteroatoms. The van der Waals surface area contributed by atoms with Crippen LogP contribution in [0.25, 0.3) is 0 Å². The number of hydrogen-bond donors (Lipinski definition) is 5. The van der Waals surface area contributed by atoms with E-state index in [2.05, 4.69) is 31.2 Å². The lowest BCUT2D eigenvalue weighted by Crippen LogP contribution is -2.58. The van der Waals surface area contributed by atoms with Crippen LogP contribution in [0.1, 0.15) is 133 Å². The van der Waals surface area contributed by atoms with Crippen molar-refractivity contribution < 1.29 is 66.6 Å². The van der Waals surface area contributed by atoms with E-state index < -0.39 is 98.4 Å². The number of carbonyl (C=O) groups excluding carboxylic acids is 11. The lowest BCUT2D eigenvalue weighted by atomic mass is 9.92. The first-order valence-corrected chi connectivity index (χ1v) is 30.7. The molecule has 4 heterocycles. The number of urea groups is 1. The number of nitrogens with zero attached hydrogens (tertiary/aromatic N) is 7. The highest BCUT2D eigenvalue weighted by molar-refractivity contribution is 7.17. The fourth-order valence-corrected chi connectivity index (χ4v) is 11.4. The Bertz CT molecular complexity index is 2840. The molecule has 2 fully saturated rings. The van der Waals surface area contributed by atoms with E-state index >= 15 is 0 Å². The molecule has 86 heavy (non-hydrogen) atoms. The molecule has 11 amide bonds. The largest absolute Gasteiger partial charge is 0.455 e. The summed E-state index contributed by atoms with van der Waals surface area (Å²) >= 11 is 1.03. The normalized spacial score (nSPS) is 17.6. The summed E-state index contributed by atoms with van der Waals surface area (Å²) in [7, 11) is 4.33. The van der Waals surface area contributed by atoms with Crippen LogP contribution < -0.4 is 31.5 Å². The number of likely N-dealkylation sites (N-methyl/N-ethyl adjacent to an activating group) is 3. The molecular formula is C58H83N12O14PS. The number of nitrogens with two attached hydrogens (primary N) is 1. The molecule has 26 nitrogen and oxygen atoms in total. The number of esters is 1. The number of aromatic nitrogens is 1. The highest BCUT2D eigenvalue weighted by atomic mass is 32.1. The van der Waals surface area contributed by atoms with Gasteiger partial charge in [0.1, 0.15) is 40.6 Å². The molecule has 5 rings (SSSR count). The number of primary amides is 1. The van der Waals surface area contributed by atoms with Crippen molar-refractivity contribution in [1.29, 1.82) is 0 Å². The van der Waals surface area contributed by atoms with Crippen molar-refractivity contribution in [2.24, 2.45) is 28.5 Å². The number of thiazole rings is 1. The van der Waals surface area contributed by atoms with Crippen LogP contribution in [-0.4, -0.2) is 190 Å². The number of hydrogen-bond acceptors (Lipinski definition) is 17. The highest BCUT2D eigenvalue weighted by Crippen LogP contribution is 2.32. The van der Waals surface area contributed by atoms with Crippen LogP contribution in [-0.2, 0) is 58.9 Å². The Morgan fingerprint density at radius 1 is 0.884 bits per heavy atom. The average molecular weight is 1240 g/mol. The number of rotatable bonds is 31. The van der Waals surface area contributed by atoms with Gasteiger partial charge in [0.05, 0.1) is 24.8 Å². The number of aliphatic imine (C=N–C) groups is 1. The van der Waals surface area contributed by atoms with Crippen LogP contribution >= 0.6 is 20.0 Å². The van der Waals surface area contributed by atoms with Gasteiger partial charge < -0.3 is 51.0 Å². The second kappa shape index (κ2) is 32.8. The number of carbonyl (C=O) groups is 11. The van der Waals surface area contributed by atoms with Crippen molar-refractivity contribution >= 4 is 90.9 Å². The number of nitrogens with one attached hydrogen (secondary N) is 4. The van der Waals surface area contributed by atoms with E-state index in [0.29, 0.717) is 24.1 Å². The molecule has 2 saturated heterocycles. The predicted molar refractivity (Wildman–Crippen MR) is 318 cm³/mol. The van der Waals surface area contributed by atoms with Gasteiger partial charge in [0, 0.05) is 76.9 Å². The molecule has 3 aliphatic heterocycles. The van der Waals surface area contributed by atoms with Gasteiger partial charge in [-0.2, -0.15) is 0 Å². The van der Waals surface area contributed by atoms with E-state index in [1.807, 2.05) is 39.6 Å². The second-order valence-electron chi connectivity index (χ2n) is 22.7. The number of ether oxygens (including phenoxy) is 1. The summed E-state index contributed by atoms with van der Waals surface area (Å²) in [5, 5.41) is 12.7. The van der Waals surface area contributed by atoms with E-state index in [1.54, 1.807) is 37.9 Å². The average Bonchev–Trinajstić information content (AvgIpc) is 2.41. The number of imide groups is 1. The predicted octanol–water partition coefficient (Wildman–Crippen LogP) is 3.49. The van der Waals surface area contributed by atoms with Gasteiger partial charge in [-0.15, -0.1) is 11.3 Å². The Balaban J connectivity index is 1.36. The van der Waals surface area contributed by atoms with Crippen molar-refractivity contribution in [3.8, 4) is 5.75 Å². The maximum absolute atomic E-state index is 14.8. The van der Waals surface area contributed by atoms with E-state index in [9.17, 15) is 57.3 Å². The van der Waals surface area contributed by atoms with Gasteiger partial charge in [0.2, 0.25) is 29.5 Å². The molecule has 3 aliphatic rings. The summed E-state index contributed by atoms with van der Waals surface area (Å²) in [5.41, 5.74) is 6.09. The first-order chi connectivity index (χ1) is 40.7. The van der Waals surface area contributed by atoms with Gasteiger partial charge in [0.15, 0.2) is 6.10 Å². The molecule has 1 aromatic carbocycles. The number of likely N-dealkylation sites (tertiary alicyclic amines) is 2. The van der Waals surface area contributed by atoms with Crippen LogP contribution in [0.3, 0.4) is 0 Å². The van der Waals surface area contributed by atoms with Crippen molar-refractivity contribution in [3.63, 3.8) is 0 Å². The Hall–Kier alpha value is -7.51. The third kappa shape index (κ3) is 19.5. The first kappa shape index (κ1) is 69.3. The zero-order valence-corrected chi connectivity index (χ0v) is 52.4. The quantitative estimate of drug-likeness (QED) is 0.0312. The minimum absolute atomic E-state index is 0.00925. The summed E-state index contributed by atoms with van der Waals surface area (Å²) in [6.07, 6.45) is 4.74. The first-order valence-electron chi connectivity index (χ1n) is 29.1.